The van der Waals surface area contributed by atoms with E-state index in [0.29, 0.717) is 24.1 Å². The summed E-state index contributed by atoms with van der Waals surface area (Å²) in [7, 11) is -1.98. The molecule has 2 atom stereocenters. The molecule has 2 N–H and O–H groups in total. The minimum Gasteiger partial charge on any atom is -0.389 e. The van der Waals surface area contributed by atoms with Crippen molar-refractivity contribution in [2.24, 2.45) is 0 Å². The number of anilines is 1. The van der Waals surface area contributed by atoms with Gasteiger partial charge in [-0.05, 0) is 48.6 Å². The summed E-state index contributed by atoms with van der Waals surface area (Å²) in [5.41, 5.74) is 2.64. The van der Waals surface area contributed by atoms with Crippen molar-refractivity contribution < 1.29 is 18.3 Å². The molecule has 9 heteroatoms. The molecule has 1 heterocycles. The van der Waals surface area contributed by atoms with Gasteiger partial charge in [0.15, 0.2) is 0 Å². The number of sulfonamides is 1. The first-order chi connectivity index (χ1) is 17.1. The third-order valence-corrected chi connectivity index (χ3v) is 8.03. The van der Waals surface area contributed by atoms with Crippen LogP contribution in [0, 0.1) is 0 Å². The number of aromatic nitrogens is 2. The average molecular weight is 513 g/mol. The number of aliphatic hydroxyl groups is 1. The molecule has 0 saturated heterocycles. The van der Waals surface area contributed by atoms with Gasteiger partial charge < -0.3 is 10.4 Å². The van der Waals surface area contributed by atoms with Crippen LogP contribution in [-0.2, 0) is 23.0 Å². The van der Waals surface area contributed by atoms with E-state index in [9.17, 15) is 18.3 Å². The maximum Gasteiger partial charge on any atom is 0.251 e. The van der Waals surface area contributed by atoms with Crippen molar-refractivity contribution >= 4 is 21.6 Å². The Hall–Kier alpha value is -3.17. The Labute approximate surface area is 214 Å². The Kier molecular flexibility index (Phi) is 9.28. The summed E-state index contributed by atoms with van der Waals surface area (Å²) in [6.45, 7) is 6.14. The molecular formula is C27H36N4O4S. The summed E-state index contributed by atoms with van der Waals surface area (Å²) >= 11 is 0. The van der Waals surface area contributed by atoms with E-state index in [-0.39, 0.29) is 24.1 Å². The van der Waals surface area contributed by atoms with Gasteiger partial charge in [0.05, 0.1) is 35.8 Å². The van der Waals surface area contributed by atoms with Crippen LogP contribution in [0.4, 0.5) is 5.69 Å². The largest absolute Gasteiger partial charge is 0.389 e. The summed E-state index contributed by atoms with van der Waals surface area (Å²) in [6.07, 6.45) is 1.86. The second-order valence-corrected chi connectivity index (χ2v) is 11.4. The Morgan fingerprint density at radius 1 is 1.11 bits per heavy atom. The van der Waals surface area contributed by atoms with Gasteiger partial charge in [-0.15, -0.1) is 0 Å². The highest BCUT2D eigenvalue weighted by atomic mass is 32.2. The first-order valence-electron chi connectivity index (χ1n) is 12.2. The zero-order valence-electron chi connectivity index (χ0n) is 21.3. The molecule has 194 valence electrons. The van der Waals surface area contributed by atoms with Crippen LogP contribution in [0.25, 0.3) is 0 Å². The molecule has 1 amide bonds. The van der Waals surface area contributed by atoms with E-state index in [0.717, 1.165) is 11.3 Å². The number of amides is 1. The zero-order chi connectivity index (χ0) is 26.3. The van der Waals surface area contributed by atoms with Gasteiger partial charge in [0.1, 0.15) is 0 Å². The number of hydrogen-bond donors (Lipinski definition) is 2. The maximum atomic E-state index is 13.2. The van der Waals surface area contributed by atoms with Crippen LogP contribution in [0.3, 0.4) is 0 Å². The zero-order valence-corrected chi connectivity index (χ0v) is 22.1. The molecule has 8 nitrogen and oxygen atoms in total. The number of aliphatic hydroxyl groups excluding tert-OH is 1. The van der Waals surface area contributed by atoms with Crippen LogP contribution in [-0.4, -0.2) is 54.2 Å². The van der Waals surface area contributed by atoms with E-state index >= 15 is 0 Å². The molecule has 36 heavy (non-hydrogen) atoms. The van der Waals surface area contributed by atoms with Crippen LogP contribution in [0.15, 0.2) is 66.9 Å². The highest BCUT2D eigenvalue weighted by Crippen LogP contribution is 2.19. The third-order valence-electron chi connectivity index (χ3n) is 6.06. The molecule has 0 aliphatic carbocycles. The molecule has 0 spiro atoms. The molecule has 2 aromatic carbocycles. The molecule has 1 aromatic heterocycles. The monoisotopic (exact) mass is 512 g/mol. The Balaban J connectivity index is 1.81. The maximum absolute atomic E-state index is 13.2. The van der Waals surface area contributed by atoms with Crippen LogP contribution in [0.1, 0.15) is 54.7 Å². The van der Waals surface area contributed by atoms with Gasteiger partial charge in [-0.3, -0.25) is 13.8 Å². The molecule has 0 aliphatic rings. The summed E-state index contributed by atoms with van der Waals surface area (Å²) < 4.78 is 27.9. The third kappa shape index (κ3) is 7.18. The van der Waals surface area contributed by atoms with Gasteiger partial charge in [0.2, 0.25) is 10.0 Å². The molecule has 0 bridgehead atoms. The van der Waals surface area contributed by atoms with Crippen molar-refractivity contribution in [1.82, 2.24) is 15.1 Å². The predicted molar refractivity (Wildman–Crippen MR) is 143 cm³/mol. The van der Waals surface area contributed by atoms with E-state index in [1.165, 1.54) is 11.4 Å². The van der Waals surface area contributed by atoms with Crippen LogP contribution >= 0.6 is 0 Å². The van der Waals surface area contributed by atoms with E-state index in [1.807, 2.05) is 42.6 Å². The molecule has 3 aromatic rings. The van der Waals surface area contributed by atoms with Crippen LogP contribution in [0.5, 0.6) is 0 Å². The van der Waals surface area contributed by atoms with Gasteiger partial charge in [0, 0.05) is 18.8 Å². The quantitative estimate of drug-likeness (QED) is 0.386. The molecule has 0 fully saturated rings. The number of benzene rings is 2. The van der Waals surface area contributed by atoms with Gasteiger partial charge >= 0.3 is 0 Å². The van der Waals surface area contributed by atoms with E-state index in [1.54, 1.807) is 35.9 Å². The van der Waals surface area contributed by atoms with Crippen molar-refractivity contribution in [1.29, 1.82) is 0 Å². The Morgan fingerprint density at radius 2 is 1.83 bits per heavy atom. The van der Waals surface area contributed by atoms with Crippen molar-refractivity contribution in [3.8, 4) is 0 Å². The van der Waals surface area contributed by atoms with Crippen molar-refractivity contribution in [3.05, 3.63) is 83.7 Å². The number of rotatable bonds is 12. The lowest BCUT2D eigenvalue weighted by Crippen LogP contribution is -2.46. The first-order valence-corrected chi connectivity index (χ1v) is 13.8. The Morgan fingerprint density at radius 3 is 2.47 bits per heavy atom. The number of carbonyl (C=O) groups excluding carboxylic acids is 1. The topological polar surface area (TPSA) is 105 Å². The predicted octanol–water partition coefficient (Wildman–Crippen LogP) is 3.58. The molecule has 0 saturated carbocycles. The van der Waals surface area contributed by atoms with Gasteiger partial charge in [0.25, 0.3) is 5.91 Å². The lowest BCUT2D eigenvalue weighted by Gasteiger charge is -2.25. The van der Waals surface area contributed by atoms with Gasteiger partial charge in [-0.25, -0.2) is 8.42 Å². The number of nitrogens with one attached hydrogen (secondary N) is 1. The summed E-state index contributed by atoms with van der Waals surface area (Å²) in [4.78, 5) is 13.2. The molecule has 0 aliphatic heterocycles. The SMILES string of the molecule is CCCS(=O)(=O)N(C)c1cccc(C(=O)NC(Cc2ccccc2)C(O)Cn2ccc(C(C)C)n2)c1. The number of nitrogens with zero attached hydrogens (tertiary/aromatic N) is 3. The minimum atomic E-state index is -3.47. The lowest BCUT2D eigenvalue weighted by molar-refractivity contribution is 0.0780. The van der Waals surface area contributed by atoms with Gasteiger partial charge in [-0.2, -0.15) is 5.10 Å². The van der Waals surface area contributed by atoms with Gasteiger partial charge in [-0.1, -0.05) is 57.2 Å². The Bertz CT molecular complexity index is 1240. The van der Waals surface area contributed by atoms with E-state index in [2.05, 4.69) is 24.3 Å². The summed E-state index contributed by atoms with van der Waals surface area (Å²) in [5, 5.41) is 18.6. The van der Waals surface area contributed by atoms with Crippen LogP contribution < -0.4 is 9.62 Å². The highest BCUT2D eigenvalue weighted by molar-refractivity contribution is 7.92. The van der Waals surface area contributed by atoms with Crippen LogP contribution in [0.2, 0.25) is 0 Å². The summed E-state index contributed by atoms with van der Waals surface area (Å²) in [5.74, 6) is -0.0896. The number of carbonyl (C=O) groups is 1. The van der Waals surface area contributed by atoms with Crippen molar-refractivity contribution in [2.45, 2.75) is 58.2 Å². The van der Waals surface area contributed by atoms with Crippen molar-refractivity contribution in [3.63, 3.8) is 0 Å². The lowest BCUT2D eigenvalue weighted by atomic mass is 10.0. The first kappa shape index (κ1) is 27.4. The molecular weight excluding hydrogens is 476 g/mol. The van der Waals surface area contributed by atoms with E-state index < -0.39 is 22.2 Å². The van der Waals surface area contributed by atoms with Crippen molar-refractivity contribution in [2.75, 3.05) is 17.1 Å². The second kappa shape index (κ2) is 12.2. The number of hydrogen-bond acceptors (Lipinski definition) is 5. The summed E-state index contributed by atoms with van der Waals surface area (Å²) in [6, 6.07) is 17.5. The molecule has 3 rings (SSSR count). The fraction of sp³-hybridized carbons (Fsp3) is 0.407. The van der Waals surface area contributed by atoms with E-state index in [4.69, 9.17) is 0 Å². The molecule has 2 unspecified atom stereocenters. The standard InChI is InChI=1S/C27H36N4O4S/c1-5-16-36(34,35)30(4)23-13-9-12-22(18-23)27(33)28-25(17-21-10-7-6-8-11-21)26(32)19-31-15-14-24(29-31)20(2)3/h6-15,18,20,25-26,32H,5,16-17,19H2,1-4H3,(H,28,33). The minimum absolute atomic E-state index is 0.0250. The fourth-order valence-electron chi connectivity index (χ4n) is 3.91. The highest BCUT2D eigenvalue weighted by Gasteiger charge is 2.24. The smallest absolute Gasteiger partial charge is 0.251 e. The fourth-order valence-corrected chi connectivity index (χ4v) is 5.13. The molecule has 0 radical (unpaired) electrons. The average Bonchev–Trinajstić information content (AvgIpc) is 3.32. The second-order valence-electron chi connectivity index (χ2n) is 9.29. The normalized spacial score (nSPS) is 13.4.